The molecule has 0 radical (unpaired) electrons. The Hall–Kier alpha value is -2.31. The first-order valence-electron chi connectivity index (χ1n) is 5.05. The van der Waals surface area contributed by atoms with Gasteiger partial charge in [0.15, 0.2) is 0 Å². The number of carboxylic acid groups (broad SMARTS) is 1. The van der Waals surface area contributed by atoms with Gasteiger partial charge in [-0.1, -0.05) is 6.07 Å². The summed E-state index contributed by atoms with van der Waals surface area (Å²) in [6.07, 6.45) is -0.157. The molecule has 1 aromatic carbocycles. The molecule has 0 saturated heterocycles. The first kappa shape index (κ1) is 12.2. The van der Waals surface area contributed by atoms with Gasteiger partial charge in [-0.15, -0.1) is 10.2 Å². The van der Waals surface area contributed by atoms with Crippen LogP contribution < -0.4 is 0 Å². The van der Waals surface area contributed by atoms with Crippen molar-refractivity contribution in [1.29, 1.82) is 0 Å². The summed E-state index contributed by atoms with van der Waals surface area (Å²) < 4.78 is 28.0. The summed E-state index contributed by atoms with van der Waals surface area (Å²) in [5.74, 6) is -2.74. The second kappa shape index (κ2) is 4.52. The van der Waals surface area contributed by atoms with E-state index in [0.29, 0.717) is 0 Å². The van der Waals surface area contributed by atoms with E-state index in [9.17, 15) is 13.6 Å². The zero-order chi connectivity index (χ0) is 13.3. The fourth-order valence-electron chi connectivity index (χ4n) is 1.56. The Bertz CT molecular complexity index is 590. The van der Waals surface area contributed by atoms with E-state index in [1.54, 1.807) is 0 Å². The van der Waals surface area contributed by atoms with Crippen molar-refractivity contribution in [3.8, 4) is 0 Å². The minimum atomic E-state index is -1.25. The van der Waals surface area contributed by atoms with E-state index in [-0.39, 0.29) is 23.6 Å². The smallest absolute Gasteiger partial charge is 0.374 e. The number of nitrogens with zero attached hydrogens (tertiary/aromatic N) is 3. The molecule has 7 heteroatoms. The number of carboxylic acids is 1. The van der Waals surface area contributed by atoms with Gasteiger partial charge in [-0.2, -0.15) is 0 Å². The zero-order valence-electron chi connectivity index (χ0n) is 9.39. The number of aromatic carboxylic acids is 1. The van der Waals surface area contributed by atoms with E-state index in [2.05, 4.69) is 10.2 Å². The molecule has 5 nitrogen and oxygen atoms in total. The van der Waals surface area contributed by atoms with E-state index < -0.39 is 17.6 Å². The van der Waals surface area contributed by atoms with Crippen molar-refractivity contribution in [2.24, 2.45) is 7.05 Å². The maximum atomic E-state index is 13.4. The van der Waals surface area contributed by atoms with Gasteiger partial charge in [0.05, 0.1) is 0 Å². The lowest BCUT2D eigenvalue weighted by Crippen LogP contribution is -2.09. The van der Waals surface area contributed by atoms with Crippen LogP contribution in [0.5, 0.6) is 0 Å². The van der Waals surface area contributed by atoms with Gasteiger partial charge in [-0.3, -0.25) is 0 Å². The Morgan fingerprint density at radius 1 is 1.33 bits per heavy atom. The predicted molar refractivity (Wildman–Crippen MR) is 57.1 cm³/mol. The van der Waals surface area contributed by atoms with Gasteiger partial charge in [0.2, 0.25) is 5.82 Å². The summed E-state index contributed by atoms with van der Waals surface area (Å²) in [6, 6.07) is 3.52. The number of hydrogen-bond donors (Lipinski definition) is 1. The standard InChI is InChI=1S/C11H9F2N3O2/c1-16-9(14-15-10(16)11(17)18)5-6-7(12)3-2-4-8(6)13/h2-4H,5H2,1H3,(H,17,18). The number of aromatic nitrogens is 3. The van der Waals surface area contributed by atoms with E-state index in [4.69, 9.17) is 5.11 Å². The summed E-state index contributed by atoms with van der Waals surface area (Å²) in [4.78, 5) is 10.7. The van der Waals surface area contributed by atoms with Crippen molar-refractivity contribution < 1.29 is 18.7 Å². The quantitative estimate of drug-likeness (QED) is 0.897. The molecule has 1 aromatic heterocycles. The number of benzene rings is 1. The Balaban J connectivity index is 2.38. The molecule has 0 spiro atoms. The molecular weight excluding hydrogens is 244 g/mol. The van der Waals surface area contributed by atoms with Crippen LogP contribution in [0.15, 0.2) is 18.2 Å². The average Bonchev–Trinajstić information content (AvgIpc) is 2.66. The minimum Gasteiger partial charge on any atom is -0.475 e. The number of hydrogen-bond acceptors (Lipinski definition) is 3. The number of halogens is 2. The van der Waals surface area contributed by atoms with Gasteiger partial charge in [0, 0.05) is 19.0 Å². The highest BCUT2D eigenvalue weighted by atomic mass is 19.1. The highest BCUT2D eigenvalue weighted by molar-refractivity contribution is 5.83. The van der Waals surface area contributed by atoms with Crippen LogP contribution in [0, 0.1) is 11.6 Å². The Morgan fingerprint density at radius 3 is 2.44 bits per heavy atom. The van der Waals surface area contributed by atoms with Gasteiger partial charge < -0.3 is 9.67 Å². The third kappa shape index (κ3) is 2.06. The summed E-state index contributed by atoms with van der Waals surface area (Å²) in [7, 11) is 1.43. The Labute approximate surface area is 101 Å². The molecule has 1 N–H and O–H groups in total. The molecule has 2 rings (SSSR count). The summed E-state index contributed by atoms with van der Waals surface area (Å²) in [6.45, 7) is 0. The lowest BCUT2D eigenvalue weighted by atomic mass is 10.1. The topological polar surface area (TPSA) is 68.0 Å². The van der Waals surface area contributed by atoms with Gasteiger partial charge in [-0.05, 0) is 12.1 Å². The maximum Gasteiger partial charge on any atom is 0.374 e. The molecule has 0 atom stereocenters. The molecule has 0 aliphatic rings. The Morgan fingerprint density at radius 2 is 1.94 bits per heavy atom. The molecule has 2 aromatic rings. The van der Waals surface area contributed by atoms with Crippen LogP contribution in [-0.2, 0) is 13.5 Å². The summed E-state index contributed by atoms with van der Waals surface area (Å²) in [5.41, 5.74) is -0.162. The van der Waals surface area contributed by atoms with Crippen molar-refractivity contribution in [3.05, 3.63) is 47.0 Å². The normalized spacial score (nSPS) is 10.6. The largest absolute Gasteiger partial charge is 0.475 e. The molecule has 0 aliphatic carbocycles. The van der Waals surface area contributed by atoms with Crippen molar-refractivity contribution >= 4 is 5.97 Å². The van der Waals surface area contributed by atoms with Gasteiger partial charge in [0.25, 0.3) is 0 Å². The van der Waals surface area contributed by atoms with Crippen LogP contribution in [0.2, 0.25) is 0 Å². The monoisotopic (exact) mass is 253 g/mol. The maximum absolute atomic E-state index is 13.4. The van der Waals surface area contributed by atoms with Crippen LogP contribution in [0.1, 0.15) is 22.0 Å². The number of carbonyl (C=O) groups is 1. The van der Waals surface area contributed by atoms with E-state index in [0.717, 1.165) is 12.1 Å². The molecule has 94 valence electrons. The molecule has 0 amide bonds. The first-order chi connectivity index (χ1) is 8.50. The van der Waals surface area contributed by atoms with Crippen LogP contribution in [0.4, 0.5) is 8.78 Å². The van der Waals surface area contributed by atoms with E-state index in [1.807, 2.05) is 0 Å². The third-order valence-corrected chi connectivity index (χ3v) is 2.55. The van der Waals surface area contributed by atoms with Crippen molar-refractivity contribution in [1.82, 2.24) is 14.8 Å². The minimum absolute atomic E-state index is 0.157. The lowest BCUT2D eigenvalue weighted by molar-refractivity contribution is 0.0679. The molecule has 0 fully saturated rings. The molecule has 0 aliphatic heterocycles. The van der Waals surface area contributed by atoms with Crippen LogP contribution in [-0.4, -0.2) is 25.8 Å². The Kier molecular flexibility index (Phi) is 3.05. The highest BCUT2D eigenvalue weighted by Gasteiger charge is 2.17. The molecule has 1 heterocycles. The SMILES string of the molecule is Cn1c(Cc2c(F)cccc2F)nnc1C(=O)O. The highest BCUT2D eigenvalue weighted by Crippen LogP contribution is 2.16. The van der Waals surface area contributed by atoms with Crippen molar-refractivity contribution in [2.75, 3.05) is 0 Å². The van der Waals surface area contributed by atoms with Crippen molar-refractivity contribution in [3.63, 3.8) is 0 Å². The molecule has 0 bridgehead atoms. The summed E-state index contributed by atoms with van der Waals surface area (Å²) in [5, 5.41) is 15.8. The molecular formula is C11H9F2N3O2. The van der Waals surface area contributed by atoms with E-state index >= 15 is 0 Å². The molecule has 18 heavy (non-hydrogen) atoms. The van der Waals surface area contributed by atoms with Gasteiger partial charge in [-0.25, -0.2) is 13.6 Å². The predicted octanol–water partition coefficient (Wildman–Crippen LogP) is 1.38. The number of rotatable bonds is 3. The van der Waals surface area contributed by atoms with Crippen LogP contribution in [0.25, 0.3) is 0 Å². The van der Waals surface area contributed by atoms with Crippen molar-refractivity contribution in [2.45, 2.75) is 6.42 Å². The zero-order valence-corrected chi connectivity index (χ0v) is 9.39. The molecule has 0 saturated carbocycles. The first-order valence-corrected chi connectivity index (χ1v) is 5.05. The summed E-state index contributed by atoms with van der Waals surface area (Å²) >= 11 is 0. The fraction of sp³-hybridized carbons (Fsp3) is 0.182. The fourth-order valence-corrected chi connectivity index (χ4v) is 1.56. The van der Waals surface area contributed by atoms with Gasteiger partial charge >= 0.3 is 5.97 Å². The average molecular weight is 253 g/mol. The van der Waals surface area contributed by atoms with Crippen LogP contribution >= 0.6 is 0 Å². The third-order valence-electron chi connectivity index (χ3n) is 2.55. The second-order valence-corrected chi connectivity index (χ2v) is 3.68. The molecule has 0 unspecified atom stereocenters. The van der Waals surface area contributed by atoms with Gasteiger partial charge in [0.1, 0.15) is 17.5 Å². The van der Waals surface area contributed by atoms with E-state index in [1.165, 1.54) is 17.7 Å². The second-order valence-electron chi connectivity index (χ2n) is 3.68. The van der Waals surface area contributed by atoms with Crippen LogP contribution in [0.3, 0.4) is 0 Å². The lowest BCUT2D eigenvalue weighted by Gasteiger charge is -2.04.